The quantitative estimate of drug-likeness (QED) is 0.685. The summed E-state index contributed by atoms with van der Waals surface area (Å²) in [5, 5.41) is 2.89. The molecule has 0 radical (unpaired) electrons. The lowest BCUT2D eigenvalue weighted by atomic mass is 9.78. The van der Waals surface area contributed by atoms with Gasteiger partial charge in [-0.25, -0.2) is 0 Å². The fourth-order valence-electron chi connectivity index (χ4n) is 1.53. The molecule has 3 nitrogen and oxygen atoms in total. The minimum absolute atomic E-state index is 0.0906. The summed E-state index contributed by atoms with van der Waals surface area (Å²) in [4.78, 5) is 11.3. The van der Waals surface area contributed by atoms with Crippen LogP contribution in [-0.4, -0.2) is 18.0 Å². The highest BCUT2D eigenvalue weighted by Gasteiger charge is 2.32. The van der Waals surface area contributed by atoms with Crippen LogP contribution in [0.3, 0.4) is 0 Å². The normalized spacial score (nSPS) is 19.7. The molecule has 0 bridgehead atoms. The van der Waals surface area contributed by atoms with Crippen molar-refractivity contribution in [3.05, 3.63) is 0 Å². The largest absolute Gasteiger partial charge is 0.354 e. The van der Waals surface area contributed by atoms with Gasteiger partial charge in [0, 0.05) is 18.5 Å². The van der Waals surface area contributed by atoms with Crippen LogP contribution in [-0.2, 0) is 4.79 Å². The first-order chi connectivity index (χ1) is 6.02. The summed E-state index contributed by atoms with van der Waals surface area (Å²) in [5.74, 6) is 0.557. The van der Waals surface area contributed by atoms with Gasteiger partial charge in [-0.3, -0.25) is 4.79 Å². The molecule has 0 aromatic carbocycles. The van der Waals surface area contributed by atoms with Gasteiger partial charge in [0.1, 0.15) is 0 Å². The van der Waals surface area contributed by atoms with E-state index in [4.69, 9.17) is 5.73 Å². The third-order valence-electron chi connectivity index (χ3n) is 2.58. The summed E-state index contributed by atoms with van der Waals surface area (Å²) in [5.41, 5.74) is 5.88. The number of nitrogens with one attached hydrogen (secondary N) is 1. The lowest BCUT2D eigenvalue weighted by Crippen LogP contribution is -2.55. The zero-order valence-corrected chi connectivity index (χ0v) is 8.60. The zero-order valence-electron chi connectivity index (χ0n) is 8.60. The first kappa shape index (κ1) is 10.5. The molecule has 1 aliphatic rings. The molecule has 13 heavy (non-hydrogen) atoms. The Kier molecular flexibility index (Phi) is 3.31. The summed E-state index contributed by atoms with van der Waals surface area (Å²) in [6, 6.07) is 0. The summed E-state index contributed by atoms with van der Waals surface area (Å²) in [6.07, 6.45) is 3.91. The molecule has 1 fully saturated rings. The molecule has 0 heterocycles. The molecule has 1 amide bonds. The first-order valence-corrected chi connectivity index (χ1v) is 5.07. The average molecular weight is 184 g/mol. The number of hydrogen-bond donors (Lipinski definition) is 2. The SMILES string of the molecule is CC(C)CC(=O)NCC1(N)CCC1. The Labute approximate surface area is 80.1 Å². The highest BCUT2D eigenvalue weighted by molar-refractivity contribution is 5.76. The molecule has 0 aromatic rings. The van der Waals surface area contributed by atoms with E-state index in [9.17, 15) is 4.79 Å². The maximum atomic E-state index is 11.3. The van der Waals surface area contributed by atoms with Crippen molar-refractivity contribution in [3.8, 4) is 0 Å². The molecule has 0 atom stereocenters. The maximum absolute atomic E-state index is 11.3. The Morgan fingerprint density at radius 3 is 2.54 bits per heavy atom. The van der Waals surface area contributed by atoms with Crippen LogP contribution in [0, 0.1) is 5.92 Å². The van der Waals surface area contributed by atoms with E-state index in [1.165, 1.54) is 6.42 Å². The minimum Gasteiger partial charge on any atom is -0.354 e. The van der Waals surface area contributed by atoms with Crippen molar-refractivity contribution in [2.75, 3.05) is 6.54 Å². The zero-order chi connectivity index (χ0) is 9.90. The summed E-state index contributed by atoms with van der Waals surface area (Å²) in [6.45, 7) is 4.74. The lowest BCUT2D eigenvalue weighted by Gasteiger charge is -2.38. The third kappa shape index (κ3) is 3.35. The minimum atomic E-state index is -0.0906. The molecule has 0 unspecified atom stereocenters. The topological polar surface area (TPSA) is 55.1 Å². The Bertz CT molecular complexity index is 185. The lowest BCUT2D eigenvalue weighted by molar-refractivity contribution is -0.122. The van der Waals surface area contributed by atoms with Gasteiger partial charge in [0.05, 0.1) is 0 Å². The Morgan fingerprint density at radius 1 is 1.54 bits per heavy atom. The van der Waals surface area contributed by atoms with Crippen LogP contribution in [0.1, 0.15) is 39.5 Å². The maximum Gasteiger partial charge on any atom is 0.220 e. The van der Waals surface area contributed by atoms with E-state index in [-0.39, 0.29) is 11.4 Å². The fraction of sp³-hybridized carbons (Fsp3) is 0.900. The fourth-order valence-corrected chi connectivity index (χ4v) is 1.53. The molecular weight excluding hydrogens is 164 g/mol. The average Bonchev–Trinajstić information content (AvgIpc) is 1.96. The predicted molar refractivity (Wildman–Crippen MR) is 53.2 cm³/mol. The van der Waals surface area contributed by atoms with Gasteiger partial charge < -0.3 is 11.1 Å². The number of amides is 1. The summed E-state index contributed by atoms with van der Waals surface area (Å²) >= 11 is 0. The predicted octanol–water partition coefficient (Wildman–Crippen LogP) is 1.03. The Morgan fingerprint density at radius 2 is 2.15 bits per heavy atom. The monoisotopic (exact) mass is 184 g/mol. The molecule has 1 aliphatic carbocycles. The highest BCUT2D eigenvalue weighted by Crippen LogP contribution is 2.27. The molecule has 3 heteroatoms. The number of hydrogen-bond acceptors (Lipinski definition) is 2. The van der Waals surface area contributed by atoms with Crippen LogP contribution in [0.25, 0.3) is 0 Å². The van der Waals surface area contributed by atoms with E-state index < -0.39 is 0 Å². The van der Waals surface area contributed by atoms with Crippen molar-refractivity contribution < 1.29 is 4.79 Å². The molecule has 0 spiro atoms. The second kappa shape index (κ2) is 4.09. The van der Waals surface area contributed by atoms with Gasteiger partial charge in [0.25, 0.3) is 0 Å². The van der Waals surface area contributed by atoms with Crippen LogP contribution in [0.15, 0.2) is 0 Å². The molecule has 0 saturated heterocycles. The highest BCUT2D eigenvalue weighted by atomic mass is 16.1. The summed E-state index contributed by atoms with van der Waals surface area (Å²) in [7, 11) is 0. The summed E-state index contributed by atoms with van der Waals surface area (Å²) < 4.78 is 0. The van der Waals surface area contributed by atoms with Gasteiger partial charge in [-0.1, -0.05) is 13.8 Å². The van der Waals surface area contributed by atoms with Crippen LogP contribution in [0.2, 0.25) is 0 Å². The molecular formula is C10H20N2O. The smallest absolute Gasteiger partial charge is 0.220 e. The van der Waals surface area contributed by atoms with E-state index >= 15 is 0 Å². The van der Waals surface area contributed by atoms with Crippen molar-refractivity contribution in [2.45, 2.75) is 45.1 Å². The van der Waals surface area contributed by atoms with Gasteiger partial charge in [-0.05, 0) is 25.2 Å². The molecule has 0 aromatic heterocycles. The molecule has 1 rings (SSSR count). The first-order valence-electron chi connectivity index (χ1n) is 5.07. The molecule has 0 aliphatic heterocycles. The number of carbonyl (C=O) groups excluding carboxylic acids is 1. The molecule has 1 saturated carbocycles. The standard InChI is InChI=1S/C10H20N2O/c1-8(2)6-9(13)12-7-10(11)4-3-5-10/h8H,3-7,11H2,1-2H3,(H,12,13). The van der Waals surface area contributed by atoms with Gasteiger partial charge >= 0.3 is 0 Å². The van der Waals surface area contributed by atoms with E-state index in [1.807, 2.05) is 13.8 Å². The second-order valence-electron chi connectivity index (χ2n) is 4.59. The van der Waals surface area contributed by atoms with Crippen molar-refractivity contribution in [1.82, 2.24) is 5.32 Å². The van der Waals surface area contributed by atoms with Crippen LogP contribution >= 0.6 is 0 Å². The van der Waals surface area contributed by atoms with E-state index in [2.05, 4.69) is 5.32 Å². The van der Waals surface area contributed by atoms with E-state index in [0.717, 1.165) is 12.8 Å². The van der Waals surface area contributed by atoms with Gasteiger partial charge in [0.15, 0.2) is 0 Å². The Hall–Kier alpha value is -0.570. The second-order valence-corrected chi connectivity index (χ2v) is 4.59. The van der Waals surface area contributed by atoms with E-state index in [0.29, 0.717) is 18.9 Å². The van der Waals surface area contributed by atoms with Crippen LogP contribution in [0.5, 0.6) is 0 Å². The van der Waals surface area contributed by atoms with Crippen LogP contribution in [0.4, 0.5) is 0 Å². The van der Waals surface area contributed by atoms with Crippen molar-refractivity contribution >= 4 is 5.91 Å². The van der Waals surface area contributed by atoms with Crippen LogP contribution < -0.4 is 11.1 Å². The Balaban J connectivity index is 2.14. The van der Waals surface area contributed by atoms with Crippen molar-refractivity contribution in [3.63, 3.8) is 0 Å². The van der Waals surface area contributed by atoms with Gasteiger partial charge in [0.2, 0.25) is 5.91 Å². The number of nitrogens with two attached hydrogens (primary N) is 1. The van der Waals surface area contributed by atoms with Gasteiger partial charge in [-0.15, -0.1) is 0 Å². The molecule has 76 valence electrons. The third-order valence-corrected chi connectivity index (χ3v) is 2.58. The van der Waals surface area contributed by atoms with Crippen molar-refractivity contribution in [2.24, 2.45) is 11.7 Å². The number of carbonyl (C=O) groups is 1. The van der Waals surface area contributed by atoms with Gasteiger partial charge in [-0.2, -0.15) is 0 Å². The van der Waals surface area contributed by atoms with Crippen molar-refractivity contribution in [1.29, 1.82) is 0 Å². The molecule has 3 N–H and O–H groups in total. The van der Waals surface area contributed by atoms with E-state index in [1.54, 1.807) is 0 Å². The number of rotatable bonds is 4.